The lowest BCUT2D eigenvalue weighted by Gasteiger charge is -2.28. The maximum atomic E-state index is 13.6. The average molecular weight is 565 g/mol. The van der Waals surface area contributed by atoms with E-state index in [0.29, 0.717) is 42.6 Å². The Morgan fingerprint density at radius 3 is 2.32 bits per heavy atom. The first-order valence-electron chi connectivity index (χ1n) is 11.7. The standard InChI is InChI=1S/C28H25BrN2O6/c1-3-35-21-11-13-25(36-4-2)23(16-21)31-27(33)22(26(32)30-28(31)34)15-19-14-20(29)10-12-24(19)37-17-18-8-6-5-7-9-18/h5-16H,3-4,17H2,1-2H3,(H,30,32,34)/b22-15+. The highest BCUT2D eigenvalue weighted by Crippen LogP contribution is 2.35. The molecular weight excluding hydrogens is 540 g/mol. The number of anilines is 1. The molecule has 1 saturated heterocycles. The molecule has 1 aliphatic rings. The number of nitrogens with zero attached hydrogens (tertiary/aromatic N) is 1. The zero-order valence-corrected chi connectivity index (χ0v) is 21.9. The second kappa shape index (κ2) is 11.7. The van der Waals surface area contributed by atoms with E-state index in [4.69, 9.17) is 14.2 Å². The van der Waals surface area contributed by atoms with E-state index in [-0.39, 0.29) is 11.3 Å². The van der Waals surface area contributed by atoms with Crippen LogP contribution in [0.5, 0.6) is 17.2 Å². The van der Waals surface area contributed by atoms with Crippen LogP contribution in [0.15, 0.2) is 76.8 Å². The van der Waals surface area contributed by atoms with Crippen LogP contribution in [0.4, 0.5) is 10.5 Å². The Kier molecular flexibility index (Phi) is 8.25. The fourth-order valence-corrected chi connectivity index (χ4v) is 4.12. The lowest BCUT2D eigenvalue weighted by Crippen LogP contribution is -2.54. The van der Waals surface area contributed by atoms with Crippen LogP contribution in [0.1, 0.15) is 25.0 Å². The summed E-state index contributed by atoms with van der Waals surface area (Å²) in [7, 11) is 0. The third-order valence-corrected chi connectivity index (χ3v) is 5.89. The molecule has 1 heterocycles. The van der Waals surface area contributed by atoms with Crippen LogP contribution in [0, 0.1) is 0 Å². The van der Waals surface area contributed by atoms with Gasteiger partial charge >= 0.3 is 6.03 Å². The molecule has 37 heavy (non-hydrogen) atoms. The van der Waals surface area contributed by atoms with Gasteiger partial charge in [-0.25, -0.2) is 9.69 Å². The van der Waals surface area contributed by atoms with Crippen LogP contribution in [-0.4, -0.2) is 31.1 Å². The molecule has 8 nitrogen and oxygen atoms in total. The van der Waals surface area contributed by atoms with E-state index in [1.165, 1.54) is 12.1 Å². The molecule has 0 unspecified atom stereocenters. The lowest BCUT2D eigenvalue weighted by molar-refractivity contribution is -0.122. The van der Waals surface area contributed by atoms with Gasteiger partial charge in [0.15, 0.2) is 0 Å². The van der Waals surface area contributed by atoms with Crippen LogP contribution >= 0.6 is 15.9 Å². The third-order valence-electron chi connectivity index (χ3n) is 5.39. The molecule has 0 atom stereocenters. The van der Waals surface area contributed by atoms with Gasteiger partial charge < -0.3 is 14.2 Å². The Bertz CT molecular complexity index is 1360. The van der Waals surface area contributed by atoms with E-state index in [1.807, 2.05) is 37.3 Å². The van der Waals surface area contributed by atoms with Crippen LogP contribution in [-0.2, 0) is 16.2 Å². The maximum absolute atomic E-state index is 13.6. The zero-order valence-electron chi connectivity index (χ0n) is 20.3. The number of carbonyl (C=O) groups excluding carboxylic acids is 3. The summed E-state index contributed by atoms with van der Waals surface area (Å²) in [6.45, 7) is 4.62. The normalized spacial score (nSPS) is 14.5. The molecule has 1 aliphatic heterocycles. The number of urea groups is 1. The van der Waals surface area contributed by atoms with Gasteiger partial charge in [-0.15, -0.1) is 0 Å². The fraction of sp³-hybridized carbons (Fsp3) is 0.179. The molecule has 0 saturated carbocycles. The van der Waals surface area contributed by atoms with Crippen LogP contribution in [0.2, 0.25) is 0 Å². The smallest absolute Gasteiger partial charge is 0.336 e. The highest BCUT2D eigenvalue weighted by atomic mass is 79.9. The first-order valence-corrected chi connectivity index (χ1v) is 12.5. The number of halogens is 1. The van der Waals surface area contributed by atoms with E-state index >= 15 is 0 Å². The van der Waals surface area contributed by atoms with Crippen LogP contribution < -0.4 is 24.4 Å². The Hall–Kier alpha value is -4.11. The van der Waals surface area contributed by atoms with Gasteiger partial charge in [-0.05, 0) is 55.8 Å². The number of rotatable bonds is 9. The predicted octanol–water partition coefficient (Wildman–Crippen LogP) is 5.49. The topological polar surface area (TPSA) is 94.2 Å². The van der Waals surface area contributed by atoms with Gasteiger partial charge in [-0.3, -0.25) is 14.9 Å². The van der Waals surface area contributed by atoms with Gasteiger partial charge in [0.25, 0.3) is 11.8 Å². The van der Waals surface area contributed by atoms with Crippen molar-refractivity contribution in [1.29, 1.82) is 0 Å². The second-order valence-corrected chi connectivity index (χ2v) is 8.83. The molecule has 0 radical (unpaired) electrons. The number of hydrogen-bond acceptors (Lipinski definition) is 6. The van der Waals surface area contributed by atoms with Gasteiger partial charge in [0.2, 0.25) is 0 Å². The van der Waals surface area contributed by atoms with E-state index < -0.39 is 17.8 Å². The van der Waals surface area contributed by atoms with E-state index in [9.17, 15) is 14.4 Å². The molecule has 9 heteroatoms. The van der Waals surface area contributed by atoms with Crippen molar-refractivity contribution in [1.82, 2.24) is 5.32 Å². The summed E-state index contributed by atoms with van der Waals surface area (Å²) in [6, 6.07) is 18.8. The summed E-state index contributed by atoms with van der Waals surface area (Å²) in [5.41, 5.74) is 1.39. The minimum absolute atomic E-state index is 0.170. The molecule has 4 amide bonds. The van der Waals surface area contributed by atoms with Crippen molar-refractivity contribution in [2.24, 2.45) is 0 Å². The number of hydrogen-bond donors (Lipinski definition) is 1. The summed E-state index contributed by atoms with van der Waals surface area (Å²) < 4.78 is 17.9. The van der Waals surface area contributed by atoms with Crippen molar-refractivity contribution in [2.75, 3.05) is 18.1 Å². The number of amides is 4. The number of imide groups is 2. The zero-order chi connectivity index (χ0) is 26.4. The average Bonchev–Trinajstić information content (AvgIpc) is 2.88. The highest BCUT2D eigenvalue weighted by Gasteiger charge is 2.38. The Morgan fingerprint density at radius 1 is 0.865 bits per heavy atom. The van der Waals surface area contributed by atoms with Crippen molar-refractivity contribution in [2.45, 2.75) is 20.5 Å². The molecule has 3 aromatic carbocycles. The van der Waals surface area contributed by atoms with Crippen LogP contribution in [0.3, 0.4) is 0 Å². The van der Waals surface area contributed by atoms with Gasteiger partial charge in [-0.1, -0.05) is 46.3 Å². The summed E-state index contributed by atoms with van der Waals surface area (Å²) >= 11 is 3.43. The Labute approximate surface area is 223 Å². The number of ether oxygens (including phenoxy) is 3. The van der Waals surface area contributed by atoms with E-state index in [1.54, 1.807) is 37.3 Å². The maximum Gasteiger partial charge on any atom is 0.336 e. The van der Waals surface area contributed by atoms with Gasteiger partial charge in [-0.2, -0.15) is 0 Å². The summed E-state index contributed by atoms with van der Waals surface area (Å²) in [5, 5.41) is 2.25. The number of barbiturate groups is 1. The molecular formula is C28H25BrN2O6. The van der Waals surface area contributed by atoms with Crippen molar-refractivity contribution < 1.29 is 28.6 Å². The first-order chi connectivity index (χ1) is 17.9. The number of nitrogens with one attached hydrogen (secondary N) is 1. The van der Waals surface area contributed by atoms with Gasteiger partial charge in [0.05, 0.1) is 18.9 Å². The molecule has 4 rings (SSSR count). The minimum Gasteiger partial charge on any atom is -0.494 e. The molecule has 0 spiro atoms. The third kappa shape index (κ3) is 6.00. The van der Waals surface area contributed by atoms with Crippen LogP contribution in [0.25, 0.3) is 6.08 Å². The van der Waals surface area contributed by atoms with Gasteiger partial charge in [0.1, 0.15) is 29.4 Å². The quantitative estimate of drug-likeness (QED) is 0.273. The Morgan fingerprint density at radius 2 is 1.59 bits per heavy atom. The molecule has 0 aliphatic carbocycles. The van der Waals surface area contributed by atoms with E-state index in [2.05, 4.69) is 21.2 Å². The fourth-order valence-electron chi connectivity index (χ4n) is 3.74. The predicted molar refractivity (Wildman–Crippen MR) is 143 cm³/mol. The SMILES string of the molecule is CCOc1ccc(OCC)c(N2C(=O)NC(=O)/C(=C\c3cc(Br)ccc3OCc3ccccc3)C2=O)c1. The number of carbonyl (C=O) groups is 3. The van der Waals surface area contributed by atoms with Crippen molar-refractivity contribution in [3.8, 4) is 17.2 Å². The summed E-state index contributed by atoms with van der Waals surface area (Å²) in [5.74, 6) is -0.376. The molecule has 1 fully saturated rings. The van der Waals surface area contributed by atoms with E-state index in [0.717, 1.165) is 14.9 Å². The molecule has 190 valence electrons. The molecule has 3 aromatic rings. The second-order valence-electron chi connectivity index (χ2n) is 7.91. The molecule has 0 bridgehead atoms. The Balaban J connectivity index is 1.72. The lowest BCUT2D eigenvalue weighted by atomic mass is 10.1. The first kappa shape index (κ1) is 26.0. The van der Waals surface area contributed by atoms with Gasteiger partial charge in [0, 0.05) is 16.1 Å². The monoisotopic (exact) mass is 564 g/mol. The highest BCUT2D eigenvalue weighted by molar-refractivity contribution is 9.10. The largest absolute Gasteiger partial charge is 0.494 e. The van der Waals surface area contributed by atoms with Crippen molar-refractivity contribution >= 4 is 45.5 Å². The molecule has 1 N–H and O–H groups in total. The summed E-state index contributed by atoms with van der Waals surface area (Å²) in [6.07, 6.45) is 1.41. The summed E-state index contributed by atoms with van der Waals surface area (Å²) in [4.78, 5) is 40.1. The van der Waals surface area contributed by atoms with Crippen molar-refractivity contribution in [3.05, 3.63) is 87.9 Å². The minimum atomic E-state index is -0.878. The van der Waals surface area contributed by atoms with Crippen molar-refractivity contribution in [3.63, 3.8) is 0 Å². The number of benzene rings is 3. The molecule has 0 aromatic heterocycles.